The number of rotatable bonds is 4. The van der Waals surface area contributed by atoms with Crippen molar-refractivity contribution in [3.05, 3.63) is 59.4 Å². The number of hydrogen-bond donors (Lipinski definition) is 0. The zero-order chi connectivity index (χ0) is 15.5. The number of aromatic nitrogens is 2. The molecule has 3 rings (SSSR count). The van der Waals surface area contributed by atoms with E-state index in [2.05, 4.69) is 14.9 Å². The summed E-state index contributed by atoms with van der Waals surface area (Å²) in [4.78, 5) is 14.0. The number of hydrogen-bond acceptors (Lipinski definition) is 4. The summed E-state index contributed by atoms with van der Waals surface area (Å²) in [5, 5.41) is 7.44. The summed E-state index contributed by atoms with van der Waals surface area (Å²) in [6.45, 7) is 0.541. The Morgan fingerprint density at radius 2 is 1.86 bits per heavy atom. The largest absolute Gasteiger partial charge is 0.341 e. The summed E-state index contributed by atoms with van der Waals surface area (Å²) in [5.41, 5.74) is 2.69. The molecule has 0 atom stereocenters. The Morgan fingerprint density at radius 1 is 1.14 bits per heavy atom. The van der Waals surface area contributed by atoms with Gasteiger partial charge in [-0.1, -0.05) is 12.1 Å². The molecule has 1 heterocycles. The summed E-state index contributed by atoms with van der Waals surface area (Å²) in [6.07, 6.45) is 0.663. The Morgan fingerprint density at radius 3 is 2.64 bits per heavy atom. The van der Waals surface area contributed by atoms with E-state index in [0.717, 1.165) is 5.56 Å². The van der Waals surface area contributed by atoms with Gasteiger partial charge in [-0.3, -0.25) is 4.79 Å². The van der Waals surface area contributed by atoms with Crippen LogP contribution in [-0.4, -0.2) is 34.7 Å². The van der Waals surface area contributed by atoms with Gasteiger partial charge in [0, 0.05) is 19.2 Å². The monoisotopic (exact) mass is 299 g/mol. The lowest BCUT2D eigenvalue weighted by molar-refractivity contribution is 0.0797. The first-order valence-electron chi connectivity index (χ1n) is 6.86. The van der Waals surface area contributed by atoms with E-state index < -0.39 is 0 Å². The summed E-state index contributed by atoms with van der Waals surface area (Å²) in [5.74, 6) is -0.366. The molecule has 5 nitrogen and oxygen atoms in total. The fraction of sp³-hybridized carbons (Fsp3) is 0.188. The third-order valence-corrected chi connectivity index (χ3v) is 3.50. The number of likely N-dealkylation sites (N-methyl/N-ethyl adjacent to an activating group) is 1. The van der Waals surface area contributed by atoms with Gasteiger partial charge in [0.2, 0.25) is 0 Å². The SMILES string of the molecule is CN(CCc1ccc(F)cc1)C(=O)c1ccc2nonc2c1. The number of benzene rings is 2. The molecule has 1 amide bonds. The molecule has 0 aliphatic rings. The predicted octanol–water partition coefficient (Wildman–Crippen LogP) is 2.68. The van der Waals surface area contributed by atoms with Crippen LogP contribution < -0.4 is 0 Å². The molecule has 0 bridgehead atoms. The maximum atomic E-state index is 12.9. The van der Waals surface area contributed by atoms with Crippen LogP contribution in [0.3, 0.4) is 0 Å². The first kappa shape index (κ1) is 14.2. The Bertz CT molecular complexity index is 799. The first-order valence-corrected chi connectivity index (χ1v) is 6.86. The Balaban J connectivity index is 1.67. The number of fused-ring (bicyclic) bond motifs is 1. The summed E-state index contributed by atoms with van der Waals surface area (Å²) >= 11 is 0. The van der Waals surface area contributed by atoms with Gasteiger partial charge in [0.05, 0.1) is 0 Å². The maximum Gasteiger partial charge on any atom is 0.253 e. The standard InChI is InChI=1S/C16H14FN3O2/c1-20(9-8-11-2-5-13(17)6-3-11)16(21)12-4-7-14-15(10-12)19-22-18-14/h2-7,10H,8-9H2,1H3. The van der Waals surface area contributed by atoms with Gasteiger partial charge in [-0.2, -0.15) is 0 Å². The molecule has 0 spiro atoms. The van der Waals surface area contributed by atoms with Crippen molar-refractivity contribution in [3.8, 4) is 0 Å². The van der Waals surface area contributed by atoms with Crippen LogP contribution in [0.15, 0.2) is 47.1 Å². The summed E-state index contributed by atoms with van der Waals surface area (Å²) in [7, 11) is 1.73. The van der Waals surface area contributed by atoms with Gasteiger partial charge >= 0.3 is 0 Å². The van der Waals surface area contributed by atoms with Crippen molar-refractivity contribution in [2.24, 2.45) is 0 Å². The lowest BCUT2D eigenvalue weighted by Crippen LogP contribution is -2.28. The molecule has 0 fully saturated rings. The van der Waals surface area contributed by atoms with Crippen LogP contribution in [0.4, 0.5) is 4.39 Å². The summed E-state index contributed by atoms with van der Waals surface area (Å²) < 4.78 is 17.5. The average molecular weight is 299 g/mol. The van der Waals surface area contributed by atoms with Gasteiger partial charge in [-0.05, 0) is 52.6 Å². The van der Waals surface area contributed by atoms with E-state index in [1.807, 2.05) is 0 Å². The van der Waals surface area contributed by atoms with Crippen LogP contribution in [0.25, 0.3) is 11.0 Å². The topological polar surface area (TPSA) is 59.2 Å². The van der Waals surface area contributed by atoms with E-state index in [0.29, 0.717) is 29.6 Å². The van der Waals surface area contributed by atoms with E-state index in [4.69, 9.17) is 0 Å². The van der Waals surface area contributed by atoms with Gasteiger partial charge in [-0.25, -0.2) is 9.02 Å². The average Bonchev–Trinajstić information content (AvgIpc) is 3.00. The highest BCUT2D eigenvalue weighted by molar-refractivity contribution is 5.97. The molecule has 0 unspecified atom stereocenters. The molecule has 112 valence electrons. The number of halogens is 1. The number of carbonyl (C=O) groups excluding carboxylic acids is 1. The minimum atomic E-state index is -0.261. The third-order valence-electron chi connectivity index (χ3n) is 3.50. The van der Waals surface area contributed by atoms with Crippen LogP contribution in [0, 0.1) is 5.82 Å². The summed E-state index contributed by atoms with van der Waals surface area (Å²) in [6, 6.07) is 11.3. The number of amides is 1. The van der Waals surface area contributed by atoms with E-state index >= 15 is 0 Å². The lowest BCUT2D eigenvalue weighted by Gasteiger charge is -2.17. The van der Waals surface area contributed by atoms with E-state index in [-0.39, 0.29) is 11.7 Å². The second-order valence-corrected chi connectivity index (χ2v) is 5.07. The van der Waals surface area contributed by atoms with Crippen molar-refractivity contribution in [3.63, 3.8) is 0 Å². The van der Waals surface area contributed by atoms with Gasteiger partial charge in [0.1, 0.15) is 16.9 Å². The second kappa shape index (κ2) is 5.93. The molecule has 0 aliphatic heterocycles. The van der Waals surface area contributed by atoms with Gasteiger partial charge in [-0.15, -0.1) is 0 Å². The van der Waals surface area contributed by atoms with Gasteiger partial charge < -0.3 is 4.90 Å². The molecule has 6 heteroatoms. The third kappa shape index (κ3) is 2.95. The van der Waals surface area contributed by atoms with Crippen molar-refractivity contribution in [1.29, 1.82) is 0 Å². The lowest BCUT2D eigenvalue weighted by atomic mass is 10.1. The smallest absolute Gasteiger partial charge is 0.253 e. The molecule has 1 aromatic heterocycles. The highest BCUT2D eigenvalue weighted by atomic mass is 19.1. The highest BCUT2D eigenvalue weighted by Crippen LogP contribution is 2.13. The fourth-order valence-corrected chi connectivity index (χ4v) is 2.18. The highest BCUT2D eigenvalue weighted by Gasteiger charge is 2.13. The van der Waals surface area contributed by atoms with Crippen LogP contribution in [0.1, 0.15) is 15.9 Å². The number of carbonyl (C=O) groups is 1. The molecular formula is C16H14FN3O2. The fourth-order valence-electron chi connectivity index (χ4n) is 2.18. The van der Waals surface area contributed by atoms with E-state index in [1.165, 1.54) is 12.1 Å². The van der Waals surface area contributed by atoms with Crippen LogP contribution in [-0.2, 0) is 6.42 Å². The van der Waals surface area contributed by atoms with Crippen LogP contribution >= 0.6 is 0 Å². The van der Waals surface area contributed by atoms with Crippen molar-refractivity contribution in [1.82, 2.24) is 15.2 Å². The minimum Gasteiger partial charge on any atom is -0.341 e. The van der Waals surface area contributed by atoms with Gasteiger partial charge in [0.15, 0.2) is 0 Å². The molecule has 0 saturated carbocycles. The molecule has 0 saturated heterocycles. The van der Waals surface area contributed by atoms with Crippen molar-refractivity contribution >= 4 is 16.9 Å². The van der Waals surface area contributed by atoms with Crippen molar-refractivity contribution < 1.29 is 13.8 Å². The quantitative estimate of drug-likeness (QED) is 0.743. The van der Waals surface area contributed by atoms with E-state index in [9.17, 15) is 9.18 Å². The van der Waals surface area contributed by atoms with Crippen molar-refractivity contribution in [2.75, 3.05) is 13.6 Å². The minimum absolute atomic E-state index is 0.105. The van der Waals surface area contributed by atoms with Gasteiger partial charge in [0.25, 0.3) is 5.91 Å². The Labute approximate surface area is 126 Å². The predicted molar refractivity (Wildman–Crippen MR) is 78.9 cm³/mol. The first-order chi connectivity index (χ1) is 10.6. The molecule has 0 N–H and O–H groups in total. The second-order valence-electron chi connectivity index (χ2n) is 5.07. The molecule has 0 radical (unpaired) electrons. The molecule has 2 aromatic carbocycles. The van der Waals surface area contributed by atoms with Crippen molar-refractivity contribution in [2.45, 2.75) is 6.42 Å². The zero-order valence-electron chi connectivity index (χ0n) is 12.0. The van der Waals surface area contributed by atoms with Crippen LogP contribution in [0.5, 0.6) is 0 Å². The molecule has 3 aromatic rings. The molecule has 22 heavy (non-hydrogen) atoms. The van der Waals surface area contributed by atoms with Crippen LogP contribution in [0.2, 0.25) is 0 Å². The normalized spacial score (nSPS) is 10.8. The number of nitrogens with zero attached hydrogens (tertiary/aromatic N) is 3. The molecular weight excluding hydrogens is 285 g/mol. The Hall–Kier alpha value is -2.76. The molecule has 0 aliphatic carbocycles. The maximum absolute atomic E-state index is 12.9. The van der Waals surface area contributed by atoms with E-state index in [1.54, 1.807) is 42.3 Å². The zero-order valence-corrected chi connectivity index (χ0v) is 12.0. The Kier molecular flexibility index (Phi) is 3.82.